The van der Waals surface area contributed by atoms with Gasteiger partial charge in [-0.1, -0.05) is 24.8 Å². The Balaban J connectivity index is 1.70. The van der Waals surface area contributed by atoms with Crippen LogP contribution in [-0.2, 0) is 48.6 Å². The van der Waals surface area contributed by atoms with Crippen molar-refractivity contribution in [2.24, 2.45) is 0 Å². The van der Waals surface area contributed by atoms with Gasteiger partial charge in [0.2, 0.25) is 20.0 Å². The highest BCUT2D eigenvalue weighted by Gasteiger charge is 2.32. The molecule has 0 amide bonds. The van der Waals surface area contributed by atoms with Crippen molar-refractivity contribution in [1.29, 1.82) is 0 Å². The van der Waals surface area contributed by atoms with Crippen molar-refractivity contribution in [3.63, 3.8) is 0 Å². The van der Waals surface area contributed by atoms with Gasteiger partial charge in [-0.05, 0) is 38.1 Å². The molecule has 0 aliphatic rings. The summed E-state index contributed by atoms with van der Waals surface area (Å²) in [5.41, 5.74) is 6.84. The van der Waals surface area contributed by atoms with Gasteiger partial charge in [0.15, 0.2) is 0 Å². The summed E-state index contributed by atoms with van der Waals surface area (Å²) in [6.07, 6.45) is -0.912. The second-order valence-electron chi connectivity index (χ2n) is 14.7. The minimum absolute atomic E-state index is 0.0479. The van der Waals surface area contributed by atoms with Crippen molar-refractivity contribution >= 4 is 76.0 Å². The molecule has 21 nitrogen and oxygen atoms in total. The van der Waals surface area contributed by atoms with Crippen molar-refractivity contribution in [2.75, 3.05) is 98.9 Å². The number of nitrogen functional groups attached to an aromatic ring is 1. The monoisotopic (exact) mass is 939 g/mol. The summed E-state index contributed by atoms with van der Waals surface area (Å²) < 4.78 is 82.6. The third-order valence-corrected chi connectivity index (χ3v) is 14.0. The van der Waals surface area contributed by atoms with E-state index in [4.69, 9.17) is 34.9 Å². The zero-order valence-electron chi connectivity index (χ0n) is 35.7. The van der Waals surface area contributed by atoms with Crippen LogP contribution in [0.3, 0.4) is 0 Å². The SMILES string of the molecule is C=C(O)C(CC(=O)O)NCCCN(C)S(=O)(=O)c1cc(S(=O)(=O)N(C)CCCNC(CC(=O)O)C(=O)O)c2ccc3c(OCCOCCOCCOCCO)cc(N)c4ccc1c2c43. The predicted molar refractivity (Wildman–Crippen MR) is 236 cm³/mol. The van der Waals surface area contributed by atoms with E-state index in [0.717, 1.165) is 14.7 Å². The fourth-order valence-electron chi connectivity index (χ4n) is 6.92. The molecule has 0 spiro atoms. The Kier molecular flexibility index (Phi) is 19.2. The Morgan fingerprint density at radius 1 is 0.672 bits per heavy atom. The van der Waals surface area contributed by atoms with Crippen molar-refractivity contribution in [2.45, 2.75) is 47.6 Å². The van der Waals surface area contributed by atoms with Gasteiger partial charge in [0.05, 0.1) is 74.9 Å². The van der Waals surface area contributed by atoms with E-state index < -0.39 is 68.6 Å². The first kappa shape index (κ1) is 51.7. The summed E-state index contributed by atoms with van der Waals surface area (Å²) in [4.78, 5) is 33.2. The average Bonchev–Trinajstić information content (AvgIpc) is 3.23. The lowest BCUT2D eigenvalue weighted by Crippen LogP contribution is -2.40. The van der Waals surface area contributed by atoms with Gasteiger partial charge in [-0.25, -0.2) is 25.4 Å². The lowest BCUT2D eigenvalue weighted by atomic mass is 9.93. The number of nitrogens with two attached hydrogens (primary N) is 1. The molecule has 354 valence electrons. The van der Waals surface area contributed by atoms with Gasteiger partial charge in [0, 0.05) is 71.3 Å². The van der Waals surface area contributed by atoms with Gasteiger partial charge >= 0.3 is 17.9 Å². The molecule has 0 aliphatic heterocycles. The summed E-state index contributed by atoms with van der Waals surface area (Å²) in [5, 5.41) is 53.8. The standard InChI is InChI=1S/C41H57N5O16S2/c1-26(48)32(23-37(49)50)43-10-4-12-45(2)63(55,56)35-25-36(64(57,58)46(3)13-5-11-44-33(41(53)54)24-38(51)52)30-9-7-28-34(22-31(42)27-6-8-29(35)40(30)39(27)28)62-21-20-61-19-18-60-17-16-59-15-14-47/h6-9,22,25,32-33,43-44,47-48H,1,4-5,10-21,23-24,42H2,2-3H3,(H,49,50)(H,51,52)(H,53,54). The Bertz CT molecular complexity index is 2370. The fourth-order valence-corrected chi connectivity index (χ4v) is 9.84. The number of carboxylic acid groups (broad SMARTS) is 3. The van der Waals surface area contributed by atoms with Crippen LogP contribution in [0.2, 0.25) is 0 Å². The summed E-state index contributed by atoms with van der Waals surface area (Å²) in [6.45, 7) is 4.83. The number of nitrogens with zero attached hydrogens (tertiary/aromatic N) is 2. The van der Waals surface area contributed by atoms with Crippen molar-refractivity contribution in [1.82, 2.24) is 19.2 Å². The van der Waals surface area contributed by atoms with E-state index in [-0.39, 0.29) is 104 Å². The normalized spacial score (nSPS) is 13.3. The Morgan fingerprint density at radius 2 is 1.11 bits per heavy atom. The minimum Gasteiger partial charge on any atom is -0.511 e. The number of sulfonamides is 2. The van der Waals surface area contributed by atoms with Crippen LogP contribution in [0, 0.1) is 0 Å². The van der Waals surface area contributed by atoms with Gasteiger partial charge in [-0.2, -0.15) is 0 Å². The van der Waals surface area contributed by atoms with Gasteiger partial charge < -0.3 is 60.8 Å². The average molecular weight is 940 g/mol. The number of aliphatic hydroxyl groups is 2. The van der Waals surface area contributed by atoms with E-state index >= 15 is 0 Å². The van der Waals surface area contributed by atoms with Crippen LogP contribution in [-0.4, -0.2) is 174 Å². The number of nitrogens with one attached hydrogen (secondary N) is 2. The van der Waals surface area contributed by atoms with Crippen LogP contribution < -0.4 is 21.1 Å². The molecule has 0 aromatic heterocycles. The minimum atomic E-state index is -4.49. The molecule has 2 unspecified atom stereocenters. The lowest BCUT2D eigenvalue weighted by Gasteiger charge is -2.24. The first-order valence-corrected chi connectivity index (χ1v) is 23.1. The maximum Gasteiger partial charge on any atom is 0.321 e. The van der Waals surface area contributed by atoms with Crippen LogP contribution >= 0.6 is 0 Å². The molecule has 0 heterocycles. The van der Waals surface area contributed by atoms with E-state index in [9.17, 15) is 46.5 Å². The van der Waals surface area contributed by atoms with Crippen LogP contribution in [0.5, 0.6) is 5.75 Å². The van der Waals surface area contributed by atoms with Crippen molar-refractivity contribution in [3.8, 4) is 5.75 Å². The molecular formula is C41H57N5O16S2. The third-order valence-electron chi connectivity index (χ3n) is 10.2. The van der Waals surface area contributed by atoms with Crippen LogP contribution in [0.25, 0.3) is 32.3 Å². The van der Waals surface area contributed by atoms with Gasteiger partial charge in [0.25, 0.3) is 0 Å². The van der Waals surface area contributed by atoms with E-state index in [1.165, 1.54) is 14.1 Å². The zero-order chi connectivity index (χ0) is 47.2. The number of rotatable bonds is 32. The number of ether oxygens (including phenoxy) is 4. The van der Waals surface area contributed by atoms with Gasteiger partial charge in [-0.15, -0.1) is 0 Å². The first-order valence-electron chi connectivity index (χ1n) is 20.3. The number of hydrogen-bond acceptors (Lipinski definition) is 16. The fraction of sp³-hybridized carbons (Fsp3) is 0.488. The quantitative estimate of drug-likeness (QED) is 0.0149. The largest absolute Gasteiger partial charge is 0.511 e. The maximum absolute atomic E-state index is 14.6. The number of aliphatic carboxylic acids is 3. The number of anilines is 1. The molecule has 0 saturated heterocycles. The van der Waals surface area contributed by atoms with Gasteiger partial charge in [-0.3, -0.25) is 14.4 Å². The summed E-state index contributed by atoms with van der Waals surface area (Å²) in [7, 11) is -6.35. The molecule has 0 saturated carbocycles. The smallest absolute Gasteiger partial charge is 0.321 e. The molecule has 0 bridgehead atoms. The molecule has 0 radical (unpaired) electrons. The number of carbonyl (C=O) groups is 3. The zero-order valence-corrected chi connectivity index (χ0v) is 37.3. The number of carboxylic acids is 3. The first-order chi connectivity index (χ1) is 30.3. The second-order valence-corrected chi connectivity index (χ2v) is 18.7. The molecule has 4 rings (SSSR count). The van der Waals surface area contributed by atoms with Crippen LogP contribution in [0.15, 0.2) is 58.5 Å². The van der Waals surface area contributed by atoms with E-state index in [2.05, 4.69) is 17.2 Å². The predicted octanol–water partition coefficient (Wildman–Crippen LogP) is 1.63. The number of hydrogen-bond donors (Lipinski definition) is 8. The van der Waals surface area contributed by atoms with E-state index in [0.29, 0.717) is 41.7 Å². The third kappa shape index (κ3) is 13.3. The number of benzene rings is 4. The highest BCUT2D eigenvalue weighted by Crippen LogP contribution is 2.45. The van der Waals surface area contributed by atoms with Crippen LogP contribution in [0.4, 0.5) is 5.69 Å². The van der Waals surface area contributed by atoms with E-state index in [1.54, 1.807) is 30.3 Å². The summed E-state index contributed by atoms with van der Waals surface area (Å²) in [5.74, 6) is -3.95. The molecule has 4 aromatic rings. The molecule has 9 N–H and O–H groups in total. The summed E-state index contributed by atoms with van der Waals surface area (Å²) in [6, 6.07) is 6.78. The molecule has 0 fully saturated rings. The van der Waals surface area contributed by atoms with Crippen LogP contribution in [0.1, 0.15) is 25.7 Å². The molecule has 0 aliphatic carbocycles. The number of aliphatic hydroxyl groups excluding tert-OH is 2. The lowest BCUT2D eigenvalue weighted by molar-refractivity contribution is -0.145. The van der Waals surface area contributed by atoms with Crippen molar-refractivity contribution < 1.29 is 75.7 Å². The van der Waals surface area contributed by atoms with E-state index in [1.807, 2.05) is 0 Å². The molecule has 4 aromatic carbocycles. The topological polar surface area (TPSA) is 314 Å². The highest BCUT2D eigenvalue weighted by molar-refractivity contribution is 7.90. The van der Waals surface area contributed by atoms with Crippen molar-refractivity contribution in [3.05, 3.63) is 48.7 Å². The Hall–Kier alpha value is -4.95. The highest BCUT2D eigenvalue weighted by atomic mass is 32.2. The molecule has 64 heavy (non-hydrogen) atoms. The maximum atomic E-state index is 14.6. The van der Waals surface area contributed by atoms with Gasteiger partial charge in [0.1, 0.15) is 24.2 Å². The Labute approximate surface area is 370 Å². The molecular weight excluding hydrogens is 883 g/mol. The summed E-state index contributed by atoms with van der Waals surface area (Å²) >= 11 is 0. The molecule has 2 atom stereocenters. The Morgan fingerprint density at radius 3 is 1.59 bits per heavy atom. The second kappa shape index (κ2) is 23.8. The molecule has 23 heteroatoms.